The molecule has 94 valence electrons. The van der Waals surface area contributed by atoms with Gasteiger partial charge in [-0.15, -0.1) is 0 Å². The molecule has 1 heterocycles. The smallest absolute Gasteiger partial charge is 0.150 e. The summed E-state index contributed by atoms with van der Waals surface area (Å²) in [6, 6.07) is 9.88. The van der Waals surface area contributed by atoms with Gasteiger partial charge in [-0.25, -0.2) is 4.98 Å². The van der Waals surface area contributed by atoms with Gasteiger partial charge in [0.1, 0.15) is 11.6 Å². The fourth-order valence-electron chi connectivity index (χ4n) is 1.95. The molecule has 3 heteroatoms. The Morgan fingerprint density at radius 1 is 1.28 bits per heavy atom. The molecule has 0 aliphatic heterocycles. The molecule has 0 amide bonds. The molecule has 0 bridgehead atoms. The maximum atomic E-state index is 12.4. The minimum absolute atomic E-state index is 0.183. The zero-order valence-electron chi connectivity index (χ0n) is 11.1. The summed E-state index contributed by atoms with van der Waals surface area (Å²) in [5.74, 6) is 0.993. The van der Waals surface area contributed by atoms with Gasteiger partial charge in [-0.1, -0.05) is 30.3 Å². The van der Waals surface area contributed by atoms with Gasteiger partial charge < -0.3 is 4.57 Å². The minimum Gasteiger partial charge on any atom is -0.338 e. The second kappa shape index (κ2) is 4.77. The molecule has 0 N–H and O–H groups in total. The number of hydrogen-bond donors (Lipinski definition) is 0. The largest absolute Gasteiger partial charge is 0.338 e. The molecule has 3 nitrogen and oxygen atoms in total. The molecule has 0 spiro atoms. The van der Waals surface area contributed by atoms with Crippen LogP contribution in [0.1, 0.15) is 25.2 Å². The quantitative estimate of drug-likeness (QED) is 0.825. The van der Waals surface area contributed by atoms with Crippen LogP contribution in [0.15, 0.2) is 42.7 Å². The van der Waals surface area contributed by atoms with Crippen molar-refractivity contribution < 1.29 is 4.79 Å². The summed E-state index contributed by atoms with van der Waals surface area (Å²) >= 11 is 0. The van der Waals surface area contributed by atoms with Gasteiger partial charge in [0, 0.05) is 24.9 Å². The van der Waals surface area contributed by atoms with E-state index in [2.05, 4.69) is 4.98 Å². The van der Waals surface area contributed by atoms with Gasteiger partial charge in [0.25, 0.3) is 0 Å². The van der Waals surface area contributed by atoms with Crippen LogP contribution in [0.3, 0.4) is 0 Å². The van der Waals surface area contributed by atoms with Crippen LogP contribution in [-0.4, -0.2) is 15.3 Å². The van der Waals surface area contributed by atoms with E-state index in [9.17, 15) is 4.79 Å². The number of carbonyl (C=O) groups excluding carboxylic acids is 1. The average Bonchev–Trinajstić information content (AvgIpc) is 2.76. The van der Waals surface area contributed by atoms with E-state index in [0.29, 0.717) is 6.42 Å². The topological polar surface area (TPSA) is 34.9 Å². The monoisotopic (exact) mass is 242 g/mol. The van der Waals surface area contributed by atoms with Crippen LogP contribution in [0.5, 0.6) is 0 Å². The van der Waals surface area contributed by atoms with E-state index >= 15 is 0 Å². The fourth-order valence-corrected chi connectivity index (χ4v) is 1.95. The summed E-state index contributed by atoms with van der Waals surface area (Å²) in [6.45, 7) is 3.93. The molecule has 2 rings (SSSR count). The number of carbonyl (C=O) groups is 1. The Morgan fingerprint density at radius 3 is 2.50 bits per heavy atom. The highest BCUT2D eigenvalue weighted by molar-refractivity contribution is 5.90. The third-order valence-corrected chi connectivity index (χ3v) is 3.43. The molecule has 0 radical (unpaired) electrons. The van der Waals surface area contributed by atoms with Gasteiger partial charge in [-0.3, -0.25) is 4.79 Å². The maximum absolute atomic E-state index is 12.4. The van der Waals surface area contributed by atoms with Gasteiger partial charge in [0.15, 0.2) is 0 Å². The summed E-state index contributed by atoms with van der Waals surface area (Å²) in [7, 11) is 1.91. The van der Waals surface area contributed by atoms with E-state index in [-0.39, 0.29) is 5.78 Å². The SMILES string of the molecule is Cn1ccnc1CC(=O)C(C)(C)c1ccccc1. The number of nitrogens with zero attached hydrogens (tertiary/aromatic N) is 2. The molecular weight excluding hydrogens is 224 g/mol. The summed E-state index contributed by atoms with van der Waals surface area (Å²) in [6.07, 6.45) is 3.95. The Bertz CT molecular complexity index is 541. The predicted octanol–water partition coefficient (Wildman–Crippen LogP) is 2.51. The Balaban J connectivity index is 2.21. The first kappa shape index (κ1) is 12.6. The van der Waals surface area contributed by atoms with Crippen LogP contribution >= 0.6 is 0 Å². The molecule has 0 unspecified atom stereocenters. The first-order chi connectivity index (χ1) is 8.51. The van der Waals surface area contributed by atoms with Crippen molar-refractivity contribution in [3.8, 4) is 0 Å². The average molecular weight is 242 g/mol. The molecule has 0 aliphatic carbocycles. The van der Waals surface area contributed by atoms with Crippen LogP contribution < -0.4 is 0 Å². The van der Waals surface area contributed by atoms with Gasteiger partial charge in [-0.05, 0) is 19.4 Å². The molecule has 0 fully saturated rings. The van der Waals surface area contributed by atoms with Crippen molar-refractivity contribution in [2.24, 2.45) is 7.05 Å². The number of Topliss-reactive ketones (excluding diaryl/α,β-unsaturated/α-hetero) is 1. The lowest BCUT2D eigenvalue weighted by Gasteiger charge is -2.23. The highest BCUT2D eigenvalue weighted by atomic mass is 16.1. The van der Waals surface area contributed by atoms with Crippen molar-refractivity contribution in [2.45, 2.75) is 25.7 Å². The van der Waals surface area contributed by atoms with Crippen LogP contribution in [0, 0.1) is 0 Å². The number of imidazole rings is 1. The standard InChI is InChI=1S/C15H18N2O/c1-15(2,12-7-5-4-6-8-12)13(18)11-14-16-9-10-17(14)3/h4-10H,11H2,1-3H3. The first-order valence-corrected chi connectivity index (χ1v) is 6.07. The fraction of sp³-hybridized carbons (Fsp3) is 0.333. The van der Waals surface area contributed by atoms with Crippen molar-refractivity contribution in [3.05, 3.63) is 54.1 Å². The van der Waals surface area contributed by atoms with E-state index in [1.165, 1.54) is 0 Å². The third-order valence-electron chi connectivity index (χ3n) is 3.43. The van der Waals surface area contributed by atoms with Crippen molar-refractivity contribution in [3.63, 3.8) is 0 Å². The van der Waals surface area contributed by atoms with Crippen molar-refractivity contribution in [2.75, 3.05) is 0 Å². The Kier molecular flexibility index (Phi) is 3.32. The van der Waals surface area contributed by atoms with Gasteiger partial charge in [0.2, 0.25) is 0 Å². The number of ketones is 1. The van der Waals surface area contributed by atoms with Crippen LogP contribution in [0.25, 0.3) is 0 Å². The molecule has 1 aromatic carbocycles. The molecule has 0 saturated carbocycles. The summed E-state index contributed by atoms with van der Waals surface area (Å²) in [5.41, 5.74) is 0.567. The van der Waals surface area contributed by atoms with E-state index < -0.39 is 5.41 Å². The Morgan fingerprint density at radius 2 is 1.94 bits per heavy atom. The molecule has 0 saturated heterocycles. The van der Waals surface area contributed by atoms with Crippen LogP contribution in [0.4, 0.5) is 0 Å². The van der Waals surface area contributed by atoms with Gasteiger partial charge in [-0.2, -0.15) is 0 Å². The van der Waals surface area contributed by atoms with Gasteiger partial charge in [0.05, 0.1) is 6.42 Å². The van der Waals surface area contributed by atoms with Crippen molar-refractivity contribution >= 4 is 5.78 Å². The lowest BCUT2D eigenvalue weighted by Crippen LogP contribution is -2.31. The molecule has 1 aromatic heterocycles. The molecule has 0 aliphatic rings. The van der Waals surface area contributed by atoms with Crippen LogP contribution in [-0.2, 0) is 23.7 Å². The van der Waals surface area contributed by atoms with E-state index in [0.717, 1.165) is 11.4 Å². The number of aromatic nitrogens is 2. The lowest BCUT2D eigenvalue weighted by molar-refractivity contribution is -0.123. The molecule has 0 atom stereocenters. The van der Waals surface area contributed by atoms with E-state index in [4.69, 9.17) is 0 Å². The normalized spacial score (nSPS) is 11.5. The summed E-state index contributed by atoms with van der Waals surface area (Å²) in [5, 5.41) is 0. The lowest BCUT2D eigenvalue weighted by atomic mass is 9.79. The summed E-state index contributed by atoms with van der Waals surface area (Å²) < 4.78 is 1.89. The maximum Gasteiger partial charge on any atom is 0.150 e. The third kappa shape index (κ3) is 2.35. The predicted molar refractivity (Wildman–Crippen MR) is 71.4 cm³/mol. The Hall–Kier alpha value is -1.90. The Labute approximate surface area is 107 Å². The minimum atomic E-state index is -0.479. The van der Waals surface area contributed by atoms with E-state index in [1.807, 2.05) is 62.0 Å². The molecule has 18 heavy (non-hydrogen) atoms. The second-order valence-corrected chi connectivity index (χ2v) is 5.05. The van der Waals surface area contributed by atoms with E-state index in [1.54, 1.807) is 6.20 Å². The molecular formula is C15H18N2O. The zero-order chi connectivity index (χ0) is 13.2. The summed E-state index contributed by atoms with van der Waals surface area (Å²) in [4.78, 5) is 16.6. The highest BCUT2D eigenvalue weighted by Crippen LogP contribution is 2.25. The van der Waals surface area contributed by atoms with Crippen molar-refractivity contribution in [1.82, 2.24) is 9.55 Å². The number of aryl methyl sites for hydroxylation is 1. The zero-order valence-corrected chi connectivity index (χ0v) is 11.1. The van der Waals surface area contributed by atoms with Gasteiger partial charge >= 0.3 is 0 Å². The van der Waals surface area contributed by atoms with Crippen LogP contribution in [0.2, 0.25) is 0 Å². The highest BCUT2D eigenvalue weighted by Gasteiger charge is 2.29. The number of benzene rings is 1. The van der Waals surface area contributed by atoms with Crippen molar-refractivity contribution in [1.29, 1.82) is 0 Å². The number of rotatable bonds is 4. The second-order valence-electron chi connectivity index (χ2n) is 5.05. The first-order valence-electron chi connectivity index (χ1n) is 6.07. The molecule has 2 aromatic rings. The number of hydrogen-bond acceptors (Lipinski definition) is 2.